The number of anilines is 1. The zero-order valence-corrected chi connectivity index (χ0v) is 38.7. The summed E-state index contributed by atoms with van der Waals surface area (Å²) in [6.07, 6.45) is 12.8. The molecule has 304 valence electrons. The Bertz CT molecular complexity index is 3070. The van der Waals surface area contributed by atoms with Gasteiger partial charge in [0.05, 0.1) is 0 Å². The number of halogens is 1. The molecule has 5 aromatic carbocycles. The zero-order valence-electron chi connectivity index (χ0n) is 36.5. The van der Waals surface area contributed by atoms with Crippen LogP contribution in [0.2, 0.25) is 0 Å². The summed E-state index contributed by atoms with van der Waals surface area (Å²) < 4.78 is 8.20. The van der Waals surface area contributed by atoms with Crippen LogP contribution in [0.5, 0.6) is 0 Å². The van der Waals surface area contributed by atoms with Crippen molar-refractivity contribution in [2.45, 2.75) is 86.4 Å². The van der Waals surface area contributed by atoms with E-state index in [2.05, 4.69) is 179 Å². The predicted molar refractivity (Wildman–Crippen MR) is 269 cm³/mol. The molecule has 11 rings (SSSR count). The number of allylic oxidation sites excluding steroid dienone is 8. The molecular weight excluding hydrogens is 854 g/mol. The molecule has 1 atom stereocenters. The van der Waals surface area contributed by atoms with Crippen molar-refractivity contribution < 1.29 is 4.42 Å². The summed E-state index contributed by atoms with van der Waals surface area (Å²) in [5, 5.41) is 2.30. The third-order valence-electron chi connectivity index (χ3n) is 13.6. The van der Waals surface area contributed by atoms with Gasteiger partial charge in [0, 0.05) is 5.39 Å². The number of hydrogen-bond acceptors (Lipinski definition) is 2. The summed E-state index contributed by atoms with van der Waals surface area (Å²) in [4.78, 5) is 2.60. The number of alkyl halides is 2. The second-order valence-electron chi connectivity index (χ2n) is 17.8. The molecule has 2 aliphatic heterocycles. The maximum absolute atomic E-state index is 6.18. The van der Waals surface area contributed by atoms with Crippen molar-refractivity contribution in [2.75, 3.05) is 4.90 Å². The van der Waals surface area contributed by atoms with Gasteiger partial charge >= 0.3 is 312 Å². The molecule has 5 aliphatic rings. The molecule has 1 saturated carbocycles. The standard InChI is InChI=1S/C56H48INO.C2H6/c1-8-40-48(9-2)56(6,7)57-51(40)27-29-54(57)58(38-22-25-42(35-18-19-35)46(32-38)41-15-11-10-14-34(41)3)39-23-26-44-43-24-20-37(31-49(43)55(4,5)50(44)33-39)36-21-28-53-47(30-36)45-16-12-13-17-52(45)59-53;1-2/h8-17,20-22,24-25,28-33,35,51H,1-2,18-19,27H2,3-7H3;1-2H3. The Labute approximate surface area is 369 Å². The molecule has 1 fully saturated rings. The molecule has 1 unspecified atom stereocenters. The van der Waals surface area contributed by atoms with Gasteiger partial charge in [-0.2, -0.15) is 0 Å². The molecule has 3 heteroatoms. The van der Waals surface area contributed by atoms with E-state index in [1.807, 2.05) is 26.0 Å². The van der Waals surface area contributed by atoms with E-state index in [-0.39, 0.29) is 8.84 Å². The topological polar surface area (TPSA) is 16.4 Å². The van der Waals surface area contributed by atoms with E-state index in [9.17, 15) is 0 Å². The van der Waals surface area contributed by atoms with Gasteiger partial charge in [-0.25, -0.2) is 0 Å². The third-order valence-corrected chi connectivity index (χ3v) is 21.9. The van der Waals surface area contributed by atoms with Gasteiger partial charge in [0.2, 0.25) is 0 Å². The average Bonchev–Trinajstić information content (AvgIpc) is 3.78. The maximum atomic E-state index is 6.18. The zero-order chi connectivity index (χ0) is 42.4. The second kappa shape index (κ2) is 14.8. The van der Waals surface area contributed by atoms with E-state index in [0.29, 0.717) is 9.84 Å². The van der Waals surface area contributed by atoms with Gasteiger partial charge in [0.25, 0.3) is 0 Å². The van der Waals surface area contributed by atoms with Gasteiger partial charge in [-0.15, -0.1) is 0 Å². The van der Waals surface area contributed by atoms with Crippen LogP contribution in [0.25, 0.3) is 49.8 Å². The first kappa shape index (κ1) is 39.6. The van der Waals surface area contributed by atoms with E-state index >= 15 is 0 Å². The van der Waals surface area contributed by atoms with Crippen molar-refractivity contribution in [3.8, 4) is 22.3 Å². The summed E-state index contributed by atoms with van der Waals surface area (Å²) in [5.41, 5.74) is 27.2. The molecule has 0 spiro atoms. The molecule has 6 aromatic rings. The van der Waals surface area contributed by atoms with Gasteiger partial charge in [-0.1, -0.05) is 32.0 Å². The van der Waals surface area contributed by atoms with E-state index in [4.69, 9.17) is 4.42 Å². The number of rotatable bonds is 8. The largest absolute Gasteiger partial charge is 0.0683 e. The normalized spacial score (nSPS) is 19.7. The predicted octanol–water partition coefficient (Wildman–Crippen LogP) is 16.5. The minimum Gasteiger partial charge on any atom is -0.0683 e. The number of fused-ring (bicyclic) bond motifs is 7. The van der Waals surface area contributed by atoms with Crippen molar-refractivity contribution in [3.63, 3.8) is 0 Å². The second-order valence-corrected chi connectivity index (χ2v) is 24.8. The monoisotopic (exact) mass is 907 g/mol. The summed E-state index contributed by atoms with van der Waals surface area (Å²) >= 11 is -1.94. The molecule has 3 heterocycles. The molecule has 0 saturated heterocycles. The fourth-order valence-electron chi connectivity index (χ4n) is 10.4. The molecule has 0 amide bonds. The fraction of sp³-hybridized carbons (Fsp3) is 0.241. The Morgan fingerprint density at radius 3 is 2.26 bits per heavy atom. The number of nitrogens with zero attached hydrogens (tertiary/aromatic N) is 1. The van der Waals surface area contributed by atoms with Crippen molar-refractivity contribution in [1.82, 2.24) is 0 Å². The van der Waals surface area contributed by atoms with Crippen LogP contribution >= 0.6 is 19.8 Å². The summed E-state index contributed by atoms with van der Waals surface area (Å²) in [6, 6.07) is 38.1. The van der Waals surface area contributed by atoms with Crippen LogP contribution in [0.3, 0.4) is 0 Å². The van der Waals surface area contributed by atoms with Gasteiger partial charge in [-0.3, -0.25) is 0 Å². The van der Waals surface area contributed by atoms with Crippen LogP contribution in [0, 0.1) is 6.92 Å². The molecule has 0 N–H and O–H groups in total. The van der Waals surface area contributed by atoms with Crippen LogP contribution in [0.1, 0.15) is 89.0 Å². The van der Waals surface area contributed by atoms with Crippen molar-refractivity contribution >= 4 is 53.0 Å². The molecule has 2 nitrogen and oxygen atoms in total. The van der Waals surface area contributed by atoms with E-state index < -0.39 is 19.8 Å². The molecule has 0 bridgehead atoms. The minimum absolute atomic E-state index is 0.0331. The molecule has 0 radical (unpaired) electrons. The summed E-state index contributed by atoms with van der Waals surface area (Å²) in [6.45, 7) is 24.6. The van der Waals surface area contributed by atoms with Gasteiger partial charge in [-0.05, 0) is 6.07 Å². The first-order chi connectivity index (χ1) is 29.6. The van der Waals surface area contributed by atoms with E-state index in [1.165, 1.54) is 83.5 Å². The first-order valence-electron chi connectivity index (χ1n) is 22.0. The molecule has 61 heavy (non-hydrogen) atoms. The Morgan fingerprint density at radius 1 is 0.754 bits per heavy atom. The van der Waals surface area contributed by atoms with Gasteiger partial charge in [0.15, 0.2) is 0 Å². The Morgan fingerprint density at radius 2 is 1.49 bits per heavy atom. The first-order valence-corrected chi connectivity index (χ1v) is 25.4. The van der Waals surface area contributed by atoms with Gasteiger partial charge in [0.1, 0.15) is 11.2 Å². The average molecular weight is 908 g/mol. The van der Waals surface area contributed by atoms with Crippen LogP contribution in [0.15, 0.2) is 183 Å². The maximum Gasteiger partial charge on any atom is -0.0683 e. The van der Waals surface area contributed by atoms with Crippen molar-refractivity contribution in [3.05, 3.63) is 200 Å². The van der Waals surface area contributed by atoms with Crippen LogP contribution < -0.4 is 4.90 Å². The van der Waals surface area contributed by atoms with E-state index in [0.717, 1.165) is 39.6 Å². The smallest absolute Gasteiger partial charge is 0.0683 e. The Hall–Kier alpha value is -5.57. The number of hydrogen-bond donors (Lipinski definition) is 0. The molecule has 3 aliphatic carbocycles. The fourth-order valence-corrected chi connectivity index (χ4v) is 19.4. The number of para-hydroxylation sites is 1. The molecular formula is C58H54INO. The van der Waals surface area contributed by atoms with Crippen LogP contribution in [-0.2, 0) is 5.41 Å². The van der Waals surface area contributed by atoms with Crippen molar-refractivity contribution in [1.29, 1.82) is 0 Å². The number of furan rings is 1. The number of benzene rings is 5. The van der Waals surface area contributed by atoms with E-state index in [1.54, 1.807) is 0 Å². The SMILES string of the molecule is C=CC1=C(C=C)C(C)(C)I2C(N(C3=C=C=C4C(=C3)C(C)(C)c3cc(-c5ccc6oc7ccccc7c6c5)ccc34)c3ccc(C4CC4)c(-c4ccccc4C)c3)=CCC12.CC. The Kier molecular flexibility index (Phi) is 9.60. The summed E-state index contributed by atoms with van der Waals surface area (Å²) in [7, 11) is 0. The quantitative estimate of drug-likeness (QED) is 0.0655. The molecule has 1 aromatic heterocycles. The number of aryl methyl sites for hydroxylation is 1. The van der Waals surface area contributed by atoms with Gasteiger partial charge < -0.3 is 4.42 Å². The van der Waals surface area contributed by atoms with Crippen molar-refractivity contribution in [2.24, 2.45) is 0 Å². The van der Waals surface area contributed by atoms with Crippen LogP contribution in [0.4, 0.5) is 5.69 Å². The van der Waals surface area contributed by atoms with Crippen LogP contribution in [-0.4, -0.2) is 7.35 Å². The Balaban J connectivity index is 0.00000220. The minimum atomic E-state index is -1.94. The summed E-state index contributed by atoms with van der Waals surface area (Å²) in [5.74, 6) is 0.631. The third kappa shape index (κ3) is 6.11.